The minimum Gasteiger partial charge on any atom is -0.481 e. The molecule has 2 heterocycles. The summed E-state index contributed by atoms with van der Waals surface area (Å²) >= 11 is 12.5. The summed E-state index contributed by atoms with van der Waals surface area (Å²) in [4.78, 5) is 19.8. The summed E-state index contributed by atoms with van der Waals surface area (Å²) in [6, 6.07) is 1.51. The highest BCUT2D eigenvalue weighted by Gasteiger charge is 2.33. The van der Waals surface area contributed by atoms with Gasteiger partial charge in [-0.05, 0) is 11.8 Å². The van der Waals surface area contributed by atoms with Crippen molar-refractivity contribution in [3.8, 4) is 11.8 Å². The predicted octanol–water partition coefficient (Wildman–Crippen LogP) is 2.16. The fourth-order valence-electron chi connectivity index (χ4n) is 1.22. The first-order chi connectivity index (χ1) is 9.05. The molecule has 1 unspecified atom stereocenters. The van der Waals surface area contributed by atoms with Crippen LogP contribution in [0, 0.1) is 0 Å². The molecular weight excluding hydrogens is 315 g/mol. The van der Waals surface area contributed by atoms with Crippen molar-refractivity contribution in [2.24, 2.45) is 0 Å². The third-order valence-corrected chi connectivity index (χ3v) is 3.96. The van der Waals surface area contributed by atoms with E-state index in [-0.39, 0.29) is 15.1 Å². The molecule has 2 rings (SSSR count). The first-order valence-electron chi connectivity index (χ1n) is 4.94. The van der Waals surface area contributed by atoms with Crippen molar-refractivity contribution in [2.45, 2.75) is 10.7 Å². The number of cyclic esters (lactones) is 1. The first kappa shape index (κ1) is 14.2. The number of hydrogen-bond donors (Lipinski definition) is 0. The normalized spacial score (nSPS) is 18.5. The molecule has 1 atom stereocenters. The molecule has 1 aliphatic heterocycles. The monoisotopic (exact) mass is 322 g/mol. The number of carbonyl (C=O) groups excluding carboxylic acids is 1. The molecule has 6 nitrogen and oxygen atoms in total. The third kappa shape index (κ3) is 3.05. The Morgan fingerprint density at radius 3 is 2.32 bits per heavy atom. The molecule has 1 aliphatic rings. The van der Waals surface area contributed by atoms with Crippen LogP contribution >= 0.6 is 35.0 Å². The molecule has 1 aromatic rings. The quantitative estimate of drug-likeness (QED) is 0.478. The second kappa shape index (κ2) is 5.85. The minimum absolute atomic E-state index is 0.113. The van der Waals surface area contributed by atoms with Crippen molar-refractivity contribution in [3.05, 3.63) is 16.0 Å². The Morgan fingerprint density at radius 2 is 1.89 bits per heavy atom. The van der Waals surface area contributed by atoms with E-state index in [4.69, 9.17) is 37.4 Å². The summed E-state index contributed by atoms with van der Waals surface area (Å²) in [6.45, 7) is 0. The number of methoxy groups -OCH3 is 2. The second-order valence-corrected chi connectivity index (χ2v) is 5.02. The molecule has 1 aromatic heterocycles. The van der Waals surface area contributed by atoms with E-state index in [2.05, 4.69) is 9.97 Å². The average molecular weight is 323 g/mol. The lowest BCUT2D eigenvalue weighted by atomic mass is 10.5. The fourth-order valence-corrected chi connectivity index (χ4v) is 2.50. The average Bonchev–Trinajstić information content (AvgIpc) is 2.65. The molecule has 102 valence electrons. The SMILES string of the molecule is COc1cc(OC)nc(SC2=C(Cl)C(Cl)OC2=O)n1. The van der Waals surface area contributed by atoms with E-state index in [9.17, 15) is 4.79 Å². The maximum atomic E-state index is 11.5. The maximum Gasteiger partial charge on any atom is 0.348 e. The number of aromatic nitrogens is 2. The van der Waals surface area contributed by atoms with Gasteiger partial charge in [0.1, 0.15) is 4.91 Å². The van der Waals surface area contributed by atoms with E-state index in [0.717, 1.165) is 11.8 Å². The molecule has 0 saturated carbocycles. The molecule has 0 spiro atoms. The number of esters is 1. The highest BCUT2D eigenvalue weighted by atomic mass is 35.5. The molecule has 9 heteroatoms. The van der Waals surface area contributed by atoms with Gasteiger partial charge in [-0.25, -0.2) is 4.79 Å². The van der Waals surface area contributed by atoms with Crippen molar-refractivity contribution in [3.63, 3.8) is 0 Å². The van der Waals surface area contributed by atoms with Crippen LogP contribution in [0.15, 0.2) is 21.2 Å². The van der Waals surface area contributed by atoms with Crippen molar-refractivity contribution >= 4 is 40.9 Å². The number of rotatable bonds is 4. The smallest absolute Gasteiger partial charge is 0.348 e. The van der Waals surface area contributed by atoms with Gasteiger partial charge in [0, 0.05) is 0 Å². The molecule has 0 bridgehead atoms. The Kier molecular flexibility index (Phi) is 4.38. The zero-order valence-electron chi connectivity index (χ0n) is 9.85. The van der Waals surface area contributed by atoms with Gasteiger partial charge in [0.15, 0.2) is 5.16 Å². The Labute approximate surface area is 123 Å². The molecule has 0 aliphatic carbocycles. The van der Waals surface area contributed by atoms with Crippen molar-refractivity contribution < 1.29 is 19.0 Å². The van der Waals surface area contributed by atoms with E-state index >= 15 is 0 Å². The van der Waals surface area contributed by atoms with Crippen LogP contribution in [0.4, 0.5) is 0 Å². The lowest BCUT2D eigenvalue weighted by molar-refractivity contribution is -0.136. The van der Waals surface area contributed by atoms with E-state index in [1.807, 2.05) is 0 Å². The molecule has 0 radical (unpaired) electrons. The number of alkyl halides is 1. The summed E-state index contributed by atoms with van der Waals surface area (Å²) < 4.78 is 14.8. The zero-order valence-corrected chi connectivity index (χ0v) is 12.2. The number of halogens is 2. The Hall–Kier alpha value is -1.18. The zero-order chi connectivity index (χ0) is 14.0. The van der Waals surface area contributed by atoms with Gasteiger partial charge in [-0.1, -0.05) is 23.2 Å². The van der Waals surface area contributed by atoms with Crippen LogP contribution in [-0.4, -0.2) is 35.7 Å². The minimum atomic E-state index is -0.968. The van der Waals surface area contributed by atoms with Gasteiger partial charge in [-0.2, -0.15) is 9.97 Å². The highest BCUT2D eigenvalue weighted by molar-refractivity contribution is 8.03. The van der Waals surface area contributed by atoms with E-state index in [1.54, 1.807) is 0 Å². The van der Waals surface area contributed by atoms with Gasteiger partial charge in [0.2, 0.25) is 17.3 Å². The van der Waals surface area contributed by atoms with Gasteiger partial charge in [-0.3, -0.25) is 0 Å². The van der Waals surface area contributed by atoms with Crippen LogP contribution in [-0.2, 0) is 9.53 Å². The Balaban J connectivity index is 2.31. The second-order valence-electron chi connectivity index (χ2n) is 3.24. The summed E-state index contributed by atoms with van der Waals surface area (Å²) in [5.74, 6) is 0.0000992. The fraction of sp³-hybridized carbons (Fsp3) is 0.300. The summed E-state index contributed by atoms with van der Waals surface area (Å²) in [5.41, 5.74) is -0.968. The van der Waals surface area contributed by atoms with Gasteiger partial charge < -0.3 is 14.2 Å². The van der Waals surface area contributed by atoms with Crippen LogP contribution < -0.4 is 9.47 Å². The van der Waals surface area contributed by atoms with Gasteiger partial charge in [-0.15, -0.1) is 0 Å². The molecule has 0 N–H and O–H groups in total. The largest absolute Gasteiger partial charge is 0.481 e. The molecule has 0 fully saturated rings. The predicted molar refractivity (Wildman–Crippen MR) is 69.6 cm³/mol. The standard InChI is InChI=1S/C10H8Cl2N2O4S/c1-16-4-3-5(17-2)14-10(13-4)19-7-6(11)8(12)18-9(7)15/h3,8H,1-2H3. The van der Waals surface area contributed by atoms with Gasteiger partial charge >= 0.3 is 5.97 Å². The highest BCUT2D eigenvalue weighted by Crippen LogP contribution is 2.38. The van der Waals surface area contributed by atoms with Crippen molar-refractivity contribution in [2.75, 3.05) is 14.2 Å². The molecular formula is C10H8Cl2N2O4S. The Morgan fingerprint density at radius 1 is 1.32 bits per heavy atom. The van der Waals surface area contributed by atoms with Crippen LogP contribution in [0.25, 0.3) is 0 Å². The van der Waals surface area contributed by atoms with Gasteiger partial charge in [0.25, 0.3) is 0 Å². The molecule has 0 amide bonds. The number of carbonyl (C=O) groups is 1. The number of thioether (sulfide) groups is 1. The van der Waals surface area contributed by atoms with E-state index < -0.39 is 11.5 Å². The maximum absolute atomic E-state index is 11.5. The number of nitrogens with zero attached hydrogens (tertiary/aromatic N) is 2. The van der Waals surface area contributed by atoms with Gasteiger partial charge in [0.05, 0.1) is 25.3 Å². The molecule has 0 saturated heterocycles. The van der Waals surface area contributed by atoms with Crippen molar-refractivity contribution in [1.29, 1.82) is 0 Å². The topological polar surface area (TPSA) is 70.5 Å². The summed E-state index contributed by atoms with van der Waals surface area (Å²) in [6.07, 6.45) is 0. The first-order valence-corrected chi connectivity index (χ1v) is 6.58. The lowest BCUT2D eigenvalue weighted by Gasteiger charge is -2.05. The van der Waals surface area contributed by atoms with Crippen LogP contribution in [0.5, 0.6) is 11.8 Å². The van der Waals surface area contributed by atoms with E-state index in [0.29, 0.717) is 11.8 Å². The Bertz CT molecular complexity index is 530. The third-order valence-electron chi connectivity index (χ3n) is 2.08. The number of ether oxygens (including phenoxy) is 3. The van der Waals surface area contributed by atoms with Crippen LogP contribution in [0.1, 0.15) is 0 Å². The summed E-state index contributed by atoms with van der Waals surface area (Å²) in [7, 11) is 2.92. The van der Waals surface area contributed by atoms with Crippen LogP contribution in [0.3, 0.4) is 0 Å². The molecule has 19 heavy (non-hydrogen) atoms. The number of hydrogen-bond acceptors (Lipinski definition) is 7. The molecule has 0 aromatic carbocycles. The van der Waals surface area contributed by atoms with Crippen LogP contribution in [0.2, 0.25) is 0 Å². The van der Waals surface area contributed by atoms with Crippen molar-refractivity contribution in [1.82, 2.24) is 9.97 Å². The summed E-state index contributed by atoms with van der Waals surface area (Å²) in [5, 5.41) is 0.356. The van der Waals surface area contributed by atoms with E-state index in [1.165, 1.54) is 20.3 Å². The lowest BCUT2D eigenvalue weighted by Crippen LogP contribution is -2.02.